The van der Waals surface area contributed by atoms with Gasteiger partial charge in [-0.1, -0.05) is 205 Å². The molecule has 0 saturated carbocycles. The molecule has 4 nitrogen and oxygen atoms in total. The topological polar surface area (TPSA) is 41.9 Å². The average molecular weight is 910 g/mol. The maximum absolute atomic E-state index is 6.95. The second-order valence-electron chi connectivity index (χ2n) is 19.4. The maximum Gasteiger partial charge on any atom is 0.166 e. The highest BCUT2D eigenvalue weighted by molar-refractivity contribution is 9.10. The summed E-state index contributed by atoms with van der Waals surface area (Å²) in [5.74, 6) is 1.76. The Morgan fingerprint density at radius 3 is 1.37 bits per heavy atom. The highest BCUT2D eigenvalue weighted by atomic mass is 79.9. The number of aromatic nitrogens is 3. The minimum Gasteiger partial charge on any atom is -0.309 e. The van der Waals surface area contributed by atoms with Crippen LogP contribution in [0.4, 0.5) is 17.1 Å². The van der Waals surface area contributed by atoms with Gasteiger partial charge in [0.25, 0.3) is 0 Å². The van der Waals surface area contributed by atoms with Crippen molar-refractivity contribution in [2.24, 2.45) is 0 Å². The van der Waals surface area contributed by atoms with Crippen molar-refractivity contribution in [2.45, 2.75) is 78.6 Å². The lowest BCUT2D eigenvalue weighted by Gasteiger charge is -2.32. The molecule has 0 unspecified atom stereocenters. The van der Waals surface area contributed by atoms with E-state index in [0.29, 0.717) is 22.5 Å². The summed E-state index contributed by atoms with van der Waals surface area (Å²) in [5.41, 5.74) is 13.2. The van der Waals surface area contributed by atoms with E-state index in [2.05, 4.69) is 192 Å². The molecule has 0 atom stereocenters. The molecule has 0 bridgehead atoms. The Bertz CT molecular complexity index is 2820. The van der Waals surface area contributed by atoms with Crippen LogP contribution in [0.2, 0.25) is 5.02 Å². The van der Waals surface area contributed by atoms with Crippen molar-refractivity contribution in [3.8, 4) is 56.4 Å². The summed E-state index contributed by atoms with van der Waals surface area (Å²) in [6.07, 6.45) is 0. The Hall–Kier alpha value is -5.88. The van der Waals surface area contributed by atoms with Crippen LogP contribution in [0.3, 0.4) is 0 Å². The summed E-state index contributed by atoms with van der Waals surface area (Å²) in [4.78, 5) is 18.2. The van der Waals surface area contributed by atoms with Crippen molar-refractivity contribution in [1.82, 2.24) is 15.0 Å². The average Bonchev–Trinajstić information content (AvgIpc) is 3.26. The van der Waals surface area contributed by atoms with Crippen LogP contribution in [-0.2, 0) is 16.2 Å². The molecule has 8 rings (SSSR count). The lowest BCUT2D eigenvalue weighted by Crippen LogP contribution is -2.17. The Morgan fingerprint density at radius 2 is 0.857 bits per heavy atom. The van der Waals surface area contributed by atoms with Crippen LogP contribution >= 0.6 is 27.5 Å². The van der Waals surface area contributed by atoms with E-state index < -0.39 is 0 Å². The van der Waals surface area contributed by atoms with Crippen LogP contribution in [0.15, 0.2) is 168 Å². The standard InChI is InChI=1S/C57H54BrClN4/c1-55(2,3)42-28-40(29-43(32-42)56(4,5)6)41-30-45(58)35-48(31-41)63(47-27-19-26-46(59)36-47)51-49(37-20-13-10-14-21-37)33-44(57(7,8)9)34-50(51)54-61-52(38-22-15-11-16-23-38)60-53(62-54)39-24-17-12-18-25-39/h10-36H,1-9H3. The van der Waals surface area contributed by atoms with Crippen molar-refractivity contribution >= 4 is 44.6 Å². The van der Waals surface area contributed by atoms with E-state index in [1.165, 1.54) is 11.1 Å². The van der Waals surface area contributed by atoms with E-state index in [4.69, 9.17) is 26.6 Å². The zero-order valence-corrected chi connectivity index (χ0v) is 40.0. The molecule has 0 aliphatic rings. The van der Waals surface area contributed by atoms with E-state index in [0.717, 1.165) is 66.0 Å². The van der Waals surface area contributed by atoms with Gasteiger partial charge in [0, 0.05) is 43.1 Å². The molecule has 0 radical (unpaired) electrons. The minimum absolute atomic E-state index is 0.0479. The van der Waals surface area contributed by atoms with Gasteiger partial charge in [0.15, 0.2) is 17.5 Å². The number of hydrogen-bond acceptors (Lipinski definition) is 4. The largest absolute Gasteiger partial charge is 0.309 e. The zero-order chi connectivity index (χ0) is 44.7. The normalized spacial score (nSPS) is 12.0. The van der Waals surface area contributed by atoms with Crippen LogP contribution in [-0.4, -0.2) is 15.0 Å². The summed E-state index contributed by atoms with van der Waals surface area (Å²) in [7, 11) is 0. The zero-order valence-electron chi connectivity index (χ0n) is 37.6. The van der Waals surface area contributed by atoms with Crippen molar-refractivity contribution < 1.29 is 0 Å². The van der Waals surface area contributed by atoms with Gasteiger partial charge in [0.2, 0.25) is 0 Å². The van der Waals surface area contributed by atoms with Gasteiger partial charge in [-0.3, -0.25) is 0 Å². The Balaban J connectivity index is 1.50. The molecule has 6 heteroatoms. The second-order valence-corrected chi connectivity index (χ2v) is 20.7. The third-order valence-electron chi connectivity index (χ3n) is 11.4. The van der Waals surface area contributed by atoms with Gasteiger partial charge >= 0.3 is 0 Å². The summed E-state index contributed by atoms with van der Waals surface area (Å²) < 4.78 is 0.951. The minimum atomic E-state index is -0.221. The number of nitrogens with zero attached hydrogens (tertiary/aromatic N) is 4. The Morgan fingerprint density at radius 1 is 0.397 bits per heavy atom. The quantitative estimate of drug-likeness (QED) is 0.152. The molecule has 0 N–H and O–H groups in total. The highest BCUT2D eigenvalue weighted by Crippen LogP contribution is 2.50. The maximum atomic E-state index is 6.95. The van der Waals surface area contributed by atoms with Crippen molar-refractivity contribution in [3.05, 3.63) is 190 Å². The summed E-state index contributed by atoms with van der Waals surface area (Å²) in [5, 5.41) is 0.632. The molecule has 1 heterocycles. The molecule has 0 aliphatic carbocycles. The molecule has 0 amide bonds. The van der Waals surface area contributed by atoms with Gasteiger partial charge in [-0.15, -0.1) is 0 Å². The molecule has 7 aromatic carbocycles. The fraction of sp³-hybridized carbons (Fsp3) is 0.211. The van der Waals surface area contributed by atoms with Crippen LogP contribution < -0.4 is 4.90 Å². The fourth-order valence-electron chi connectivity index (χ4n) is 7.80. The summed E-state index contributed by atoms with van der Waals surface area (Å²) in [6.45, 7) is 20.5. The molecule has 8 aromatic rings. The molecule has 0 spiro atoms. The van der Waals surface area contributed by atoms with E-state index >= 15 is 0 Å². The predicted octanol–water partition coefficient (Wildman–Crippen LogP) is 17.0. The van der Waals surface area contributed by atoms with Gasteiger partial charge < -0.3 is 4.90 Å². The summed E-state index contributed by atoms with van der Waals surface area (Å²) in [6, 6.07) is 57.5. The van der Waals surface area contributed by atoms with Gasteiger partial charge in [0.1, 0.15) is 0 Å². The van der Waals surface area contributed by atoms with Crippen molar-refractivity contribution in [3.63, 3.8) is 0 Å². The molecular formula is C57H54BrClN4. The molecule has 316 valence electrons. The van der Waals surface area contributed by atoms with E-state index in [-0.39, 0.29) is 16.2 Å². The van der Waals surface area contributed by atoms with Crippen LogP contribution in [0.25, 0.3) is 56.4 Å². The lowest BCUT2D eigenvalue weighted by molar-refractivity contribution is 0.569. The second kappa shape index (κ2) is 17.4. The van der Waals surface area contributed by atoms with Gasteiger partial charge in [-0.05, 0) is 98.2 Å². The molecule has 0 saturated heterocycles. The monoisotopic (exact) mass is 908 g/mol. The van der Waals surface area contributed by atoms with E-state index in [9.17, 15) is 0 Å². The van der Waals surface area contributed by atoms with Crippen LogP contribution in [0.1, 0.15) is 79.0 Å². The van der Waals surface area contributed by atoms with Crippen molar-refractivity contribution in [1.29, 1.82) is 0 Å². The third kappa shape index (κ3) is 9.71. The Labute approximate surface area is 387 Å². The summed E-state index contributed by atoms with van der Waals surface area (Å²) >= 11 is 11.0. The number of anilines is 3. The number of hydrogen-bond donors (Lipinski definition) is 0. The number of halogens is 2. The first-order valence-electron chi connectivity index (χ1n) is 21.6. The predicted molar refractivity (Wildman–Crippen MR) is 270 cm³/mol. The molecular weight excluding hydrogens is 856 g/mol. The first kappa shape index (κ1) is 43.8. The number of benzene rings is 7. The first-order valence-corrected chi connectivity index (χ1v) is 22.7. The van der Waals surface area contributed by atoms with Crippen LogP contribution in [0, 0.1) is 0 Å². The Kier molecular flexibility index (Phi) is 12.1. The third-order valence-corrected chi connectivity index (χ3v) is 12.1. The number of rotatable bonds is 8. The molecule has 0 aliphatic heterocycles. The van der Waals surface area contributed by atoms with Crippen LogP contribution in [0.5, 0.6) is 0 Å². The molecule has 63 heavy (non-hydrogen) atoms. The smallest absolute Gasteiger partial charge is 0.166 e. The van der Waals surface area contributed by atoms with Gasteiger partial charge in [0.05, 0.1) is 5.69 Å². The fourth-order valence-corrected chi connectivity index (χ4v) is 8.46. The van der Waals surface area contributed by atoms with Gasteiger partial charge in [-0.2, -0.15) is 0 Å². The molecule has 1 aromatic heterocycles. The molecule has 0 fully saturated rings. The first-order chi connectivity index (χ1) is 29.9. The highest BCUT2D eigenvalue weighted by Gasteiger charge is 2.29. The van der Waals surface area contributed by atoms with E-state index in [1.807, 2.05) is 54.6 Å². The SMILES string of the molecule is CC(C)(C)c1cc(-c2cc(Br)cc(N(c3cccc(Cl)c3)c3c(-c4ccccc4)cc(C(C)(C)C)cc3-c3nc(-c4ccccc4)nc(-c4ccccc4)n3)c2)cc(C(C)(C)C)c1. The lowest BCUT2D eigenvalue weighted by atomic mass is 9.79. The van der Waals surface area contributed by atoms with Gasteiger partial charge in [-0.25, -0.2) is 15.0 Å². The van der Waals surface area contributed by atoms with E-state index in [1.54, 1.807) is 0 Å². The van der Waals surface area contributed by atoms with Crippen molar-refractivity contribution in [2.75, 3.05) is 4.90 Å².